The van der Waals surface area contributed by atoms with E-state index >= 15 is 0 Å². The van der Waals surface area contributed by atoms with E-state index in [0.717, 1.165) is 45.1 Å². The summed E-state index contributed by atoms with van der Waals surface area (Å²) in [6, 6.07) is 3.99. The molecular weight excluding hydrogens is 305 g/mol. The quantitative estimate of drug-likeness (QED) is 0.910. The van der Waals surface area contributed by atoms with Crippen LogP contribution in [0, 0.1) is 11.6 Å². The highest BCUT2D eigenvalue weighted by Crippen LogP contribution is 2.28. The minimum absolute atomic E-state index is 0. The van der Waals surface area contributed by atoms with Crippen LogP contribution in [0.4, 0.5) is 8.78 Å². The summed E-state index contributed by atoms with van der Waals surface area (Å²) in [5.41, 5.74) is 0.625. The summed E-state index contributed by atoms with van der Waals surface area (Å²) in [5.74, 6) is -0.932. The predicted octanol–water partition coefficient (Wildman–Crippen LogP) is 3.55. The highest BCUT2D eigenvalue weighted by Gasteiger charge is 2.23. The van der Waals surface area contributed by atoms with Crippen molar-refractivity contribution >= 4 is 24.8 Å². The van der Waals surface area contributed by atoms with Gasteiger partial charge in [-0.25, -0.2) is 8.78 Å². The maximum Gasteiger partial charge on any atom is 0.130 e. The molecule has 2 rings (SSSR count). The molecule has 20 heavy (non-hydrogen) atoms. The molecule has 0 radical (unpaired) electrons. The van der Waals surface area contributed by atoms with Crippen molar-refractivity contribution in [1.82, 2.24) is 10.2 Å². The van der Waals surface area contributed by atoms with E-state index in [4.69, 9.17) is 0 Å². The average molecular weight is 327 g/mol. The topological polar surface area (TPSA) is 15.3 Å². The number of piperazine rings is 1. The van der Waals surface area contributed by atoms with Crippen molar-refractivity contribution in [3.8, 4) is 0 Å². The molecule has 0 aliphatic carbocycles. The summed E-state index contributed by atoms with van der Waals surface area (Å²) in [6.45, 7) is 5.80. The third-order valence-corrected chi connectivity index (χ3v) is 3.48. The Hall–Kier alpha value is -0.420. The SMILES string of the molecule is CCC[C@@H](c1ccc(F)cc1F)N1CCNCC1.Cl.Cl. The molecule has 1 aliphatic heterocycles. The third kappa shape index (κ3) is 4.85. The standard InChI is InChI=1S/C14H20F2N2.2ClH/c1-2-3-14(18-8-6-17-7-9-18)12-5-4-11(15)10-13(12)16;;/h4-5,10,14,17H,2-3,6-9H2,1H3;2*1H/t14-;;/m0../s1. The van der Waals surface area contributed by atoms with E-state index in [-0.39, 0.29) is 30.9 Å². The van der Waals surface area contributed by atoms with Gasteiger partial charge in [-0.3, -0.25) is 4.90 Å². The molecule has 1 N–H and O–H groups in total. The molecule has 0 spiro atoms. The number of hydrogen-bond acceptors (Lipinski definition) is 2. The number of halogens is 4. The van der Waals surface area contributed by atoms with Crippen molar-refractivity contribution in [2.24, 2.45) is 0 Å². The summed E-state index contributed by atoms with van der Waals surface area (Å²) < 4.78 is 26.9. The van der Waals surface area contributed by atoms with Gasteiger partial charge in [0.15, 0.2) is 0 Å². The van der Waals surface area contributed by atoms with Crippen LogP contribution < -0.4 is 5.32 Å². The van der Waals surface area contributed by atoms with Crippen LogP contribution in [-0.2, 0) is 0 Å². The Labute approximate surface area is 131 Å². The van der Waals surface area contributed by atoms with Gasteiger partial charge in [-0.15, -0.1) is 24.8 Å². The van der Waals surface area contributed by atoms with E-state index < -0.39 is 11.6 Å². The first-order chi connectivity index (χ1) is 8.72. The first kappa shape index (κ1) is 19.6. The second-order valence-electron chi connectivity index (χ2n) is 4.76. The Morgan fingerprint density at radius 3 is 2.40 bits per heavy atom. The molecule has 1 heterocycles. The fourth-order valence-corrected chi connectivity index (χ4v) is 2.57. The van der Waals surface area contributed by atoms with Gasteiger partial charge in [-0.1, -0.05) is 19.4 Å². The molecule has 116 valence electrons. The molecular formula is C14H22Cl2F2N2. The third-order valence-electron chi connectivity index (χ3n) is 3.48. The fourth-order valence-electron chi connectivity index (χ4n) is 2.57. The fraction of sp³-hybridized carbons (Fsp3) is 0.571. The molecule has 1 aromatic carbocycles. The van der Waals surface area contributed by atoms with Gasteiger partial charge in [0.05, 0.1) is 0 Å². The van der Waals surface area contributed by atoms with Crippen LogP contribution in [0.15, 0.2) is 18.2 Å². The Morgan fingerprint density at radius 1 is 1.20 bits per heavy atom. The largest absolute Gasteiger partial charge is 0.314 e. The number of benzene rings is 1. The monoisotopic (exact) mass is 326 g/mol. The molecule has 1 fully saturated rings. The number of rotatable bonds is 4. The maximum absolute atomic E-state index is 13.9. The van der Waals surface area contributed by atoms with E-state index in [0.29, 0.717) is 5.56 Å². The van der Waals surface area contributed by atoms with E-state index in [1.165, 1.54) is 6.07 Å². The molecule has 0 unspecified atom stereocenters. The van der Waals surface area contributed by atoms with E-state index in [1.54, 1.807) is 6.07 Å². The molecule has 1 aromatic rings. The smallest absolute Gasteiger partial charge is 0.130 e. The second kappa shape index (κ2) is 9.50. The molecule has 1 atom stereocenters. The zero-order chi connectivity index (χ0) is 13.0. The van der Waals surface area contributed by atoms with Gasteiger partial charge in [0.1, 0.15) is 11.6 Å². The van der Waals surface area contributed by atoms with Gasteiger partial charge in [-0.05, 0) is 12.5 Å². The van der Waals surface area contributed by atoms with Gasteiger partial charge in [0, 0.05) is 43.9 Å². The highest BCUT2D eigenvalue weighted by atomic mass is 35.5. The molecule has 2 nitrogen and oxygen atoms in total. The minimum Gasteiger partial charge on any atom is -0.314 e. The van der Waals surface area contributed by atoms with E-state index in [2.05, 4.69) is 17.1 Å². The molecule has 1 aliphatic rings. The van der Waals surface area contributed by atoms with Crippen molar-refractivity contribution < 1.29 is 8.78 Å². The van der Waals surface area contributed by atoms with Crippen LogP contribution in [-0.4, -0.2) is 31.1 Å². The molecule has 0 saturated carbocycles. The molecule has 0 aromatic heterocycles. The summed E-state index contributed by atoms with van der Waals surface area (Å²) in [6.07, 6.45) is 1.90. The van der Waals surface area contributed by atoms with Gasteiger partial charge in [-0.2, -0.15) is 0 Å². The van der Waals surface area contributed by atoms with E-state index in [9.17, 15) is 8.78 Å². The normalized spacial score (nSPS) is 16.9. The zero-order valence-corrected chi connectivity index (χ0v) is 13.2. The Kier molecular flexibility index (Phi) is 9.30. The molecule has 1 saturated heterocycles. The minimum atomic E-state index is -0.508. The van der Waals surface area contributed by atoms with Gasteiger partial charge in [0.2, 0.25) is 0 Å². The van der Waals surface area contributed by atoms with Crippen LogP contribution in [0.25, 0.3) is 0 Å². The van der Waals surface area contributed by atoms with E-state index in [1.807, 2.05) is 0 Å². The Bertz CT molecular complexity index is 399. The van der Waals surface area contributed by atoms with Crippen LogP contribution in [0.1, 0.15) is 31.4 Å². The molecule has 0 amide bonds. The highest BCUT2D eigenvalue weighted by molar-refractivity contribution is 5.85. The lowest BCUT2D eigenvalue weighted by Crippen LogP contribution is -2.45. The second-order valence-corrected chi connectivity index (χ2v) is 4.76. The van der Waals surface area contributed by atoms with Gasteiger partial charge >= 0.3 is 0 Å². The summed E-state index contributed by atoms with van der Waals surface area (Å²) >= 11 is 0. The van der Waals surface area contributed by atoms with Crippen molar-refractivity contribution in [3.63, 3.8) is 0 Å². The van der Waals surface area contributed by atoms with Crippen molar-refractivity contribution in [3.05, 3.63) is 35.4 Å². The maximum atomic E-state index is 13.9. The molecule has 0 bridgehead atoms. The van der Waals surface area contributed by atoms with Crippen LogP contribution in [0.3, 0.4) is 0 Å². The van der Waals surface area contributed by atoms with Crippen molar-refractivity contribution in [1.29, 1.82) is 0 Å². The van der Waals surface area contributed by atoms with Crippen molar-refractivity contribution in [2.75, 3.05) is 26.2 Å². The van der Waals surface area contributed by atoms with Crippen LogP contribution >= 0.6 is 24.8 Å². The number of nitrogens with one attached hydrogen (secondary N) is 1. The zero-order valence-electron chi connectivity index (χ0n) is 11.6. The Balaban J connectivity index is 0.00000180. The summed E-state index contributed by atoms with van der Waals surface area (Å²) in [5, 5.41) is 3.29. The average Bonchev–Trinajstić information content (AvgIpc) is 2.38. The van der Waals surface area contributed by atoms with Gasteiger partial charge < -0.3 is 5.32 Å². The van der Waals surface area contributed by atoms with Crippen LogP contribution in [0.2, 0.25) is 0 Å². The number of nitrogens with zero attached hydrogens (tertiary/aromatic N) is 1. The summed E-state index contributed by atoms with van der Waals surface area (Å²) in [7, 11) is 0. The molecule has 6 heteroatoms. The lowest BCUT2D eigenvalue weighted by atomic mass is 9.99. The first-order valence-electron chi connectivity index (χ1n) is 6.62. The van der Waals surface area contributed by atoms with Crippen LogP contribution in [0.5, 0.6) is 0 Å². The lowest BCUT2D eigenvalue weighted by Gasteiger charge is -2.35. The summed E-state index contributed by atoms with van der Waals surface area (Å²) in [4.78, 5) is 2.29. The van der Waals surface area contributed by atoms with Crippen molar-refractivity contribution in [2.45, 2.75) is 25.8 Å². The first-order valence-corrected chi connectivity index (χ1v) is 6.62. The lowest BCUT2D eigenvalue weighted by molar-refractivity contribution is 0.161. The number of hydrogen-bond donors (Lipinski definition) is 1. The Morgan fingerprint density at radius 2 is 1.85 bits per heavy atom. The van der Waals surface area contributed by atoms with Gasteiger partial charge in [0.25, 0.3) is 0 Å². The predicted molar refractivity (Wildman–Crippen MR) is 82.9 cm³/mol.